The van der Waals surface area contributed by atoms with Gasteiger partial charge in [-0.25, -0.2) is 0 Å². The van der Waals surface area contributed by atoms with Crippen molar-refractivity contribution in [1.82, 2.24) is 0 Å². The van der Waals surface area contributed by atoms with Gasteiger partial charge in [-0.2, -0.15) is 0 Å². The molecular weight excluding hydrogens is 959 g/mol. The third-order valence-corrected chi connectivity index (χ3v) is 18.0. The maximum Gasteiger partial charge on any atom is 0.151 e. The quantitative estimate of drug-likeness (QED) is 0.0644. The summed E-state index contributed by atoms with van der Waals surface area (Å²) in [5.74, 6) is 3.58. The van der Waals surface area contributed by atoms with Crippen LogP contribution in [0.5, 0.6) is 23.0 Å². The number of aliphatic hydroxyl groups excluding tert-OH is 1. The summed E-state index contributed by atoms with van der Waals surface area (Å²) >= 11 is 0. The molecule has 7 aromatic rings. The van der Waals surface area contributed by atoms with Crippen LogP contribution in [0.3, 0.4) is 0 Å². The van der Waals surface area contributed by atoms with Crippen molar-refractivity contribution in [3.05, 3.63) is 196 Å². The minimum absolute atomic E-state index is 0.0150. The number of fused-ring (bicyclic) bond motifs is 5. The van der Waals surface area contributed by atoms with Crippen molar-refractivity contribution < 1.29 is 24.1 Å². The van der Waals surface area contributed by atoms with E-state index in [2.05, 4.69) is 220 Å². The summed E-state index contributed by atoms with van der Waals surface area (Å²) in [7, 11) is 0. The molecule has 408 valence electrons. The largest absolute Gasteiger partial charge is 0.493 e. The minimum Gasteiger partial charge on any atom is -0.493 e. The first-order valence-electron chi connectivity index (χ1n) is 29.4. The van der Waals surface area contributed by atoms with Crippen LogP contribution >= 0.6 is 0 Å². The molecule has 0 radical (unpaired) electrons. The number of ether oxygens (including phenoxy) is 4. The Bertz CT molecular complexity index is 3150. The Morgan fingerprint density at radius 3 is 1.77 bits per heavy atom. The SMILES string of the molecule is CCCCc1ccc(N2c3ccc(C(C)(C)CCC)cc3Oc3cc(C(C)(C)C(CC)c4ccc5c(c4)C(c4ccc(OCCC(C)O)cc4)(c4ccc(OCCC6CO6)cc4)c4cc(C(C)(C)CC)ccc4-5)ccc32)cc1. The molecule has 10 rings (SSSR count). The molecule has 0 aromatic heterocycles. The van der Waals surface area contributed by atoms with Gasteiger partial charge in [0.05, 0.1) is 48.8 Å². The molecule has 0 spiro atoms. The van der Waals surface area contributed by atoms with Crippen molar-refractivity contribution in [2.45, 2.75) is 174 Å². The molecule has 78 heavy (non-hydrogen) atoms. The van der Waals surface area contributed by atoms with Gasteiger partial charge in [0.1, 0.15) is 11.5 Å². The van der Waals surface area contributed by atoms with Crippen LogP contribution < -0.4 is 19.1 Å². The van der Waals surface area contributed by atoms with Crippen molar-refractivity contribution >= 4 is 17.1 Å². The van der Waals surface area contributed by atoms with Gasteiger partial charge in [-0.15, -0.1) is 0 Å². The lowest BCUT2D eigenvalue weighted by molar-refractivity contribution is 0.155. The number of epoxide rings is 1. The van der Waals surface area contributed by atoms with E-state index in [9.17, 15) is 5.11 Å². The van der Waals surface area contributed by atoms with Gasteiger partial charge >= 0.3 is 0 Å². The zero-order valence-electron chi connectivity index (χ0n) is 48.6. The molecule has 2 aliphatic heterocycles. The van der Waals surface area contributed by atoms with Gasteiger partial charge in [0, 0.05) is 18.5 Å². The van der Waals surface area contributed by atoms with Crippen LogP contribution in [0, 0.1) is 0 Å². The van der Waals surface area contributed by atoms with Crippen LogP contribution in [0.15, 0.2) is 146 Å². The van der Waals surface area contributed by atoms with Gasteiger partial charge in [0.15, 0.2) is 11.5 Å². The Labute approximate surface area is 467 Å². The number of hydrogen-bond acceptors (Lipinski definition) is 6. The second kappa shape index (κ2) is 22.4. The maximum absolute atomic E-state index is 10.0. The molecule has 1 saturated heterocycles. The van der Waals surface area contributed by atoms with E-state index >= 15 is 0 Å². The highest BCUT2D eigenvalue weighted by Crippen LogP contribution is 2.59. The standard InChI is InChI=1S/C72H85NO5/c1-12-16-17-49-18-28-56(29-19-49)73-65-36-26-54(70(8,9)40-13-2)45-67(65)78-68-46-55(27-37-66(68)73)71(10,11)62(14-3)50-20-34-60-61-35-25-53(69(6,7)15-4)44-64(61)72(63(60)43-50,51-21-30-57(31-22-51)75-41-38-48(5)74)52-23-32-58(33-24-52)76-42-39-59-47-77-59/h18-37,43-46,48,59,62,74H,12-17,38-42,47H2,1-11H3. The van der Waals surface area contributed by atoms with Gasteiger partial charge in [0.25, 0.3) is 0 Å². The average Bonchev–Trinajstić information content (AvgIpc) is 4.32. The zero-order chi connectivity index (χ0) is 55.0. The third-order valence-electron chi connectivity index (χ3n) is 18.0. The lowest BCUT2D eigenvalue weighted by Crippen LogP contribution is -2.30. The second-order valence-electron chi connectivity index (χ2n) is 24.6. The van der Waals surface area contributed by atoms with Gasteiger partial charge in [0.2, 0.25) is 0 Å². The summed E-state index contributed by atoms with van der Waals surface area (Å²) < 4.78 is 25.2. The summed E-state index contributed by atoms with van der Waals surface area (Å²) in [5, 5.41) is 10.0. The highest BCUT2D eigenvalue weighted by molar-refractivity contribution is 5.88. The number of aryl methyl sites for hydroxylation is 1. The Morgan fingerprint density at radius 2 is 1.19 bits per heavy atom. The van der Waals surface area contributed by atoms with Crippen LogP contribution in [-0.2, 0) is 32.8 Å². The molecule has 0 saturated carbocycles. The molecule has 0 bridgehead atoms. The molecule has 6 heteroatoms. The van der Waals surface area contributed by atoms with E-state index in [0.717, 1.165) is 85.2 Å². The molecule has 1 N–H and O–H groups in total. The average molecular weight is 1040 g/mol. The van der Waals surface area contributed by atoms with Crippen molar-refractivity contribution in [3.8, 4) is 34.1 Å². The van der Waals surface area contributed by atoms with E-state index in [0.29, 0.717) is 25.7 Å². The molecule has 2 heterocycles. The van der Waals surface area contributed by atoms with Crippen molar-refractivity contribution in [2.24, 2.45) is 0 Å². The van der Waals surface area contributed by atoms with E-state index in [1.54, 1.807) is 0 Å². The van der Waals surface area contributed by atoms with Gasteiger partial charge in [-0.1, -0.05) is 167 Å². The first-order chi connectivity index (χ1) is 37.5. The number of anilines is 3. The number of nitrogens with zero attached hydrogens (tertiary/aromatic N) is 1. The molecule has 3 aliphatic rings. The first kappa shape index (κ1) is 55.0. The van der Waals surface area contributed by atoms with E-state index in [1.807, 2.05) is 6.92 Å². The minimum atomic E-state index is -0.670. The fraction of sp³-hybridized carbons (Fsp3) is 0.417. The monoisotopic (exact) mass is 1040 g/mol. The smallest absolute Gasteiger partial charge is 0.151 e. The first-order valence-corrected chi connectivity index (χ1v) is 29.4. The highest BCUT2D eigenvalue weighted by Gasteiger charge is 2.48. The lowest BCUT2D eigenvalue weighted by Gasteiger charge is -2.39. The number of hydrogen-bond donors (Lipinski definition) is 1. The molecule has 4 atom stereocenters. The van der Waals surface area contributed by atoms with Gasteiger partial charge in [-0.3, -0.25) is 0 Å². The second-order valence-corrected chi connectivity index (χ2v) is 24.6. The van der Waals surface area contributed by atoms with Crippen LogP contribution in [-0.4, -0.2) is 37.1 Å². The normalized spacial score (nSPS) is 17.3. The molecule has 0 amide bonds. The molecule has 7 aromatic carbocycles. The Kier molecular flexibility index (Phi) is 15.8. The molecule has 6 nitrogen and oxygen atoms in total. The fourth-order valence-corrected chi connectivity index (χ4v) is 12.7. The Morgan fingerprint density at radius 1 is 0.628 bits per heavy atom. The predicted octanol–water partition coefficient (Wildman–Crippen LogP) is 18.5. The fourth-order valence-electron chi connectivity index (χ4n) is 12.7. The van der Waals surface area contributed by atoms with Crippen LogP contribution in [0.4, 0.5) is 17.1 Å². The maximum atomic E-state index is 10.0. The summed E-state index contributed by atoms with van der Waals surface area (Å²) in [6.45, 7) is 27.2. The van der Waals surface area contributed by atoms with Crippen molar-refractivity contribution in [3.63, 3.8) is 0 Å². The molecule has 4 unspecified atom stereocenters. The van der Waals surface area contributed by atoms with E-state index < -0.39 is 11.5 Å². The summed E-state index contributed by atoms with van der Waals surface area (Å²) in [4.78, 5) is 2.41. The van der Waals surface area contributed by atoms with Crippen LogP contribution in [0.1, 0.15) is 184 Å². The van der Waals surface area contributed by atoms with Crippen LogP contribution in [0.2, 0.25) is 0 Å². The van der Waals surface area contributed by atoms with Gasteiger partial charge in [-0.05, 0) is 183 Å². The lowest BCUT2D eigenvalue weighted by atomic mass is 9.65. The number of rotatable bonds is 23. The topological polar surface area (TPSA) is 63.7 Å². The van der Waals surface area contributed by atoms with Crippen molar-refractivity contribution in [2.75, 3.05) is 24.7 Å². The Hall–Kier alpha value is -6.34. The molecule has 1 fully saturated rings. The van der Waals surface area contributed by atoms with Gasteiger partial charge < -0.3 is 29.0 Å². The highest BCUT2D eigenvalue weighted by atomic mass is 16.6. The summed E-state index contributed by atoms with van der Waals surface area (Å²) in [5.41, 5.74) is 16.3. The van der Waals surface area contributed by atoms with E-state index in [-0.39, 0.29) is 22.2 Å². The van der Waals surface area contributed by atoms with Crippen LogP contribution in [0.25, 0.3) is 11.1 Å². The third kappa shape index (κ3) is 10.6. The number of unbranched alkanes of at least 4 members (excludes halogenated alkanes) is 1. The number of aliphatic hydroxyl groups is 1. The predicted molar refractivity (Wildman–Crippen MR) is 323 cm³/mol. The van der Waals surface area contributed by atoms with E-state index in [1.165, 1.54) is 74.0 Å². The number of benzene rings is 7. The molecule has 1 aliphatic carbocycles. The zero-order valence-corrected chi connectivity index (χ0v) is 48.6. The van der Waals surface area contributed by atoms with E-state index in [4.69, 9.17) is 18.9 Å². The van der Waals surface area contributed by atoms with Crippen molar-refractivity contribution in [1.29, 1.82) is 0 Å². The summed E-state index contributed by atoms with van der Waals surface area (Å²) in [6.07, 6.45) is 8.97. The Balaban J connectivity index is 1.09. The molecular formula is C72H85NO5. The summed E-state index contributed by atoms with van der Waals surface area (Å²) in [6, 6.07) is 55.4.